The number of aryl methyl sites for hydroxylation is 3. The highest BCUT2D eigenvalue weighted by Crippen LogP contribution is 2.29. The van der Waals surface area contributed by atoms with Crippen molar-refractivity contribution in [3.05, 3.63) is 94.5 Å². The summed E-state index contributed by atoms with van der Waals surface area (Å²) in [5, 5.41) is 2.96. The van der Waals surface area contributed by atoms with Crippen molar-refractivity contribution in [3.8, 4) is 0 Å². The normalized spacial score (nSPS) is 12.9. The summed E-state index contributed by atoms with van der Waals surface area (Å²) >= 11 is 0. The third kappa shape index (κ3) is 7.10. The summed E-state index contributed by atoms with van der Waals surface area (Å²) in [6.07, 6.45) is 0.749. The van der Waals surface area contributed by atoms with Crippen molar-refractivity contribution in [2.45, 2.75) is 78.4 Å². The molecule has 0 unspecified atom stereocenters. The van der Waals surface area contributed by atoms with Crippen LogP contribution < -0.4 is 9.62 Å². The monoisotopic (exact) mass is 563 g/mol. The number of benzene rings is 3. The van der Waals surface area contributed by atoms with Crippen LogP contribution >= 0.6 is 0 Å². The van der Waals surface area contributed by atoms with Gasteiger partial charge in [-0.2, -0.15) is 0 Å². The molecule has 0 aliphatic carbocycles. The largest absolute Gasteiger partial charge is 0.352 e. The minimum absolute atomic E-state index is 0.0567. The molecular weight excluding hydrogens is 522 g/mol. The summed E-state index contributed by atoms with van der Waals surface area (Å²) in [6, 6.07) is 18.8. The zero-order valence-electron chi connectivity index (χ0n) is 24.6. The Morgan fingerprint density at radius 3 is 2.10 bits per heavy atom. The van der Waals surface area contributed by atoms with E-state index < -0.39 is 28.5 Å². The fourth-order valence-electron chi connectivity index (χ4n) is 4.38. The minimum atomic E-state index is -4.10. The third-order valence-corrected chi connectivity index (χ3v) is 9.28. The van der Waals surface area contributed by atoms with E-state index in [-0.39, 0.29) is 23.4 Å². The van der Waals surface area contributed by atoms with E-state index in [4.69, 9.17) is 0 Å². The zero-order valence-corrected chi connectivity index (χ0v) is 25.4. The van der Waals surface area contributed by atoms with Gasteiger partial charge in [-0.25, -0.2) is 8.42 Å². The first-order chi connectivity index (χ1) is 18.9. The quantitative estimate of drug-likeness (QED) is 0.336. The average molecular weight is 564 g/mol. The Bertz CT molecular complexity index is 1450. The van der Waals surface area contributed by atoms with Crippen LogP contribution in [0.2, 0.25) is 0 Å². The van der Waals surface area contributed by atoms with Gasteiger partial charge in [-0.05, 0) is 88.4 Å². The van der Waals surface area contributed by atoms with Gasteiger partial charge in [0.05, 0.1) is 10.6 Å². The minimum Gasteiger partial charge on any atom is -0.352 e. The van der Waals surface area contributed by atoms with E-state index in [1.54, 1.807) is 43.3 Å². The second-order valence-corrected chi connectivity index (χ2v) is 12.3. The van der Waals surface area contributed by atoms with Crippen molar-refractivity contribution < 1.29 is 18.0 Å². The molecule has 0 radical (unpaired) electrons. The number of anilines is 1. The average Bonchev–Trinajstić information content (AvgIpc) is 2.92. The van der Waals surface area contributed by atoms with Crippen LogP contribution in [0.15, 0.2) is 71.6 Å². The van der Waals surface area contributed by atoms with Crippen LogP contribution in [-0.2, 0) is 26.2 Å². The van der Waals surface area contributed by atoms with Gasteiger partial charge in [0.25, 0.3) is 10.0 Å². The highest BCUT2D eigenvalue weighted by molar-refractivity contribution is 7.92. The second-order valence-electron chi connectivity index (χ2n) is 10.5. The Kier molecular flexibility index (Phi) is 10.1. The summed E-state index contributed by atoms with van der Waals surface area (Å²) in [4.78, 5) is 28.9. The molecule has 1 N–H and O–H groups in total. The molecule has 0 saturated heterocycles. The Balaban J connectivity index is 2.08. The molecule has 7 nitrogen and oxygen atoms in total. The summed E-state index contributed by atoms with van der Waals surface area (Å²) < 4.78 is 29.3. The van der Waals surface area contributed by atoms with Crippen molar-refractivity contribution in [2.75, 3.05) is 10.8 Å². The SMILES string of the molecule is CC[C@@H](C)NC(=O)[C@@H](C)N(Cc1ccccc1C)C(=O)CN(c1cccc(C)c1C)S(=O)(=O)c1ccc(C)cc1. The van der Waals surface area contributed by atoms with E-state index in [1.165, 1.54) is 9.21 Å². The summed E-state index contributed by atoms with van der Waals surface area (Å²) in [6.45, 7) is 12.9. The lowest BCUT2D eigenvalue weighted by Gasteiger charge is -2.33. The van der Waals surface area contributed by atoms with Gasteiger partial charge in [0.1, 0.15) is 12.6 Å². The van der Waals surface area contributed by atoms with E-state index in [1.807, 2.05) is 71.9 Å². The lowest BCUT2D eigenvalue weighted by Crippen LogP contribution is -2.52. The number of carbonyl (C=O) groups is 2. The van der Waals surface area contributed by atoms with E-state index >= 15 is 0 Å². The third-order valence-electron chi connectivity index (χ3n) is 7.50. The van der Waals surface area contributed by atoms with Crippen LogP contribution in [0, 0.1) is 27.7 Å². The van der Waals surface area contributed by atoms with Crippen LogP contribution in [0.3, 0.4) is 0 Å². The molecule has 0 bridgehead atoms. The maximum absolute atomic E-state index is 14.1. The van der Waals surface area contributed by atoms with Gasteiger partial charge < -0.3 is 10.2 Å². The van der Waals surface area contributed by atoms with Crippen LogP contribution in [0.4, 0.5) is 5.69 Å². The van der Waals surface area contributed by atoms with Gasteiger partial charge in [0.2, 0.25) is 11.8 Å². The molecule has 0 heterocycles. The van der Waals surface area contributed by atoms with Crippen molar-refractivity contribution >= 4 is 27.5 Å². The lowest BCUT2D eigenvalue weighted by atomic mass is 10.1. The van der Waals surface area contributed by atoms with Crippen molar-refractivity contribution in [3.63, 3.8) is 0 Å². The first-order valence-corrected chi connectivity index (χ1v) is 15.1. The molecule has 3 aromatic rings. The number of hydrogen-bond acceptors (Lipinski definition) is 4. The van der Waals surface area contributed by atoms with Gasteiger partial charge in [0, 0.05) is 12.6 Å². The number of sulfonamides is 1. The molecule has 0 aromatic heterocycles. The van der Waals surface area contributed by atoms with Crippen LogP contribution in [-0.4, -0.2) is 43.8 Å². The highest BCUT2D eigenvalue weighted by atomic mass is 32.2. The Hall–Kier alpha value is -3.65. The van der Waals surface area contributed by atoms with E-state index in [0.717, 1.165) is 34.2 Å². The number of rotatable bonds is 11. The smallest absolute Gasteiger partial charge is 0.264 e. The maximum Gasteiger partial charge on any atom is 0.264 e. The molecule has 3 aromatic carbocycles. The van der Waals surface area contributed by atoms with Gasteiger partial charge in [-0.15, -0.1) is 0 Å². The Labute approximate surface area is 239 Å². The number of carbonyl (C=O) groups excluding carboxylic acids is 2. The summed E-state index contributed by atoms with van der Waals surface area (Å²) in [5.41, 5.74) is 4.90. The first-order valence-electron chi connectivity index (χ1n) is 13.7. The van der Waals surface area contributed by atoms with Crippen molar-refractivity contribution in [1.29, 1.82) is 0 Å². The molecule has 0 saturated carbocycles. The number of hydrogen-bond donors (Lipinski definition) is 1. The second kappa shape index (κ2) is 13.1. The molecule has 40 heavy (non-hydrogen) atoms. The van der Waals surface area contributed by atoms with Crippen LogP contribution in [0.1, 0.15) is 55.0 Å². The molecule has 0 fully saturated rings. The lowest BCUT2D eigenvalue weighted by molar-refractivity contribution is -0.139. The number of nitrogens with one attached hydrogen (secondary N) is 1. The first kappa shape index (κ1) is 30.9. The standard InChI is InChI=1S/C32H41N3O4S/c1-8-25(5)33-32(37)27(7)34(20-28-14-10-9-12-24(28)4)31(36)21-35(30-15-11-13-23(3)26(30)6)40(38,39)29-18-16-22(2)17-19-29/h9-19,25,27H,8,20-21H2,1-7H3,(H,33,37)/t25-,27-/m1/s1. The molecule has 3 rings (SSSR count). The van der Waals surface area contributed by atoms with E-state index in [2.05, 4.69) is 5.32 Å². The maximum atomic E-state index is 14.1. The topological polar surface area (TPSA) is 86.8 Å². The molecule has 214 valence electrons. The Morgan fingerprint density at radius 1 is 0.850 bits per heavy atom. The van der Waals surface area contributed by atoms with Crippen LogP contribution in [0.5, 0.6) is 0 Å². The van der Waals surface area contributed by atoms with Crippen LogP contribution in [0.25, 0.3) is 0 Å². The molecule has 2 amide bonds. The zero-order chi connectivity index (χ0) is 29.6. The summed E-state index contributed by atoms with van der Waals surface area (Å²) in [7, 11) is -4.10. The van der Waals surface area contributed by atoms with Gasteiger partial charge >= 0.3 is 0 Å². The van der Waals surface area contributed by atoms with Crippen molar-refractivity contribution in [1.82, 2.24) is 10.2 Å². The molecule has 0 aliphatic rings. The molecule has 0 aliphatic heterocycles. The fraction of sp³-hybridized carbons (Fsp3) is 0.375. The van der Waals surface area contributed by atoms with Gasteiger partial charge in [-0.1, -0.05) is 61.0 Å². The van der Waals surface area contributed by atoms with E-state index in [9.17, 15) is 18.0 Å². The predicted octanol–water partition coefficient (Wildman–Crippen LogP) is 5.45. The fourth-order valence-corrected chi connectivity index (χ4v) is 5.85. The predicted molar refractivity (Wildman–Crippen MR) is 161 cm³/mol. The molecule has 2 atom stereocenters. The summed E-state index contributed by atoms with van der Waals surface area (Å²) in [5.74, 6) is -0.748. The van der Waals surface area contributed by atoms with Crippen molar-refractivity contribution in [2.24, 2.45) is 0 Å². The number of amides is 2. The Morgan fingerprint density at radius 2 is 1.48 bits per heavy atom. The number of nitrogens with zero attached hydrogens (tertiary/aromatic N) is 2. The molecular formula is C32H41N3O4S. The van der Waals surface area contributed by atoms with E-state index in [0.29, 0.717) is 5.69 Å². The molecule has 0 spiro atoms. The molecule has 8 heteroatoms. The van der Waals surface area contributed by atoms with Gasteiger partial charge in [-0.3, -0.25) is 13.9 Å². The highest BCUT2D eigenvalue weighted by Gasteiger charge is 2.33. The van der Waals surface area contributed by atoms with Gasteiger partial charge in [0.15, 0.2) is 0 Å².